The van der Waals surface area contributed by atoms with Gasteiger partial charge in [0, 0.05) is 6.54 Å². The second kappa shape index (κ2) is 4.56. The first-order valence-electron chi connectivity index (χ1n) is 6.07. The van der Waals surface area contributed by atoms with E-state index in [9.17, 15) is 13.6 Å². The van der Waals surface area contributed by atoms with Gasteiger partial charge in [-0.25, -0.2) is 13.8 Å². The van der Waals surface area contributed by atoms with E-state index < -0.39 is 17.5 Å². The Hall–Kier alpha value is -2.50. The molecule has 0 atom stereocenters. The second-order valence-corrected chi connectivity index (χ2v) is 4.57. The quantitative estimate of drug-likeness (QED) is 0.867. The summed E-state index contributed by atoms with van der Waals surface area (Å²) < 4.78 is 26.5. The van der Waals surface area contributed by atoms with Crippen molar-refractivity contribution in [2.24, 2.45) is 0 Å². The number of anilines is 2. The van der Waals surface area contributed by atoms with Crippen molar-refractivity contribution >= 4 is 17.4 Å². The maximum Gasteiger partial charge on any atom is 0.262 e. The van der Waals surface area contributed by atoms with Gasteiger partial charge in [0.25, 0.3) is 5.91 Å². The van der Waals surface area contributed by atoms with Crippen molar-refractivity contribution in [1.29, 1.82) is 0 Å². The summed E-state index contributed by atoms with van der Waals surface area (Å²) in [5.74, 6) is -1.57. The molecule has 0 saturated carbocycles. The number of carbonyl (C=O) groups is 1. The summed E-state index contributed by atoms with van der Waals surface area (Å²) in [7, 11) is 0. The van der Waals surface area contributed by atoms with E-state index in [1.54, 1.807) is 6.07 Å². The van der Waals surface area contributed by atoms with Gasteiger partial charge in [-0.3, -0.25) is 4.79 Å². The molecule has 0 spiro atoms. The molecular weight excluding hydrogens is 264 g/mol. The zero-order valence-electron chi connectivity index (χ0n) is 10.4. The third-order valence-electron chi connectivity index (χ3n) is 3.30. The van der Waals surface area contributed by atoms with Gasteiger partial charge in [-0.05, 0) is 30.2 Å². The fraction of sp³-hybridized carbons (Fsp3) is 0.143. The van der Waals surface area contributed by atoms with E-state index >= 15 is 0 Å². The summed E-state index contributed by atoms with van der Waals surface area (Å²) in [5, 5.41) is 0. The average Bonchev–Trinajstić information content (AvgIpc) is 2.83. The number of halogens is 2. The Morgan fingerprint density at radius 3 is 2.85 bits per heavy atom. The molecule has 6 heteroatoms. The van der Waals surface area contributed by atoms with Gasteiger partial charge in [-0.2, -0.15) is 0 Å². The maximum absolute atomic E-state index is 13.3. The van der Waals surface area contributed by atoms with Crippen LogP contribution < -0.4 is 10.6 Å². The topological polar surface area (TPSA) is 59.2 Å². The molecular formula is C14H11F2N3O. The lowest BCUT2D eigenvalue weighted by atomic mass is 10.1. The molecule has 4 nitrogen and oxygen atoms in total. The molecule has 0 radical (unpaired) electrons. The molecule has 20 heavy (non-hydrogen) atoms. The van der Waals surface area contributed by atoms with Crippen LogP contribution in [0.4, 0.5) is 20.3 Å². The zero-order chi connectivity index (χ0) is 14.3. The van der Waals surface area contributed by atoms with Gasteiger partial charge in [0.15, 0.2) is 0 Å². The van der Waals surface area contributed by atoms with Crippen LogP contribution in [0.25, 0.3) is 0 Å². The van der Waals surface area contributed by atoms with Crippen molar-refractivity contribution in [3.8, 4) is 0 Å². The van der Waals surface area contributed by atoms with Crippen molar-refractivity contribution in [3.63, 3.8) is 0 Å². The van der Waals surface area contributed by atoms with Crippen LogP contribution in [0.15, 0.2) is 30.5 Å². The standard InChI is InChI=1S/C14H11F2N3O/c15-9-2-1-8-3-4-19(12(8)6-9)14(20)11-5-10(16)7-18-13(11)17/h1-2,5-7H,3-4H2,(H2,17,18). The number of rotatable bonds is 1. The first-order valence-corrected chi connectivity index (χ1v) is 6.07. The molecule has 0 aliphatic carbocycles. The van der Waals surface area contributed by atoms with Gasteiger partial charge in [-0.15, -0.1) is 0 Å². The fourth-order valence-electron chi connectivity index (χ4n) is 2.33. The highest BCUT2D eigenvalue weighted by Crippen LogP contribution is 2.30. The highest BCUT2D eigenvalue weighted by Gasteiger charge is 2.27. The minimum Gasteiger partial charge on any atom is -0.383 e. The van der Waals surface area contributed by atoms with Crippen LogP contribution in [0.3, 0.4) is 0 Å². The van der Waals surface area contributed by atoms with E-state index in [1.807, 2.05) is 0 Å². The number of hydrogen-bond donors (Lipinski definition) is 1. The first-order chi connectivity index (χ1) is 9.56. The third kappa shape index (κ3) is 1.99. The van der Waals surface area contributed by atoms with E-state index in [2.05, 4.69) is 4.98 Å². The number of nitrogens with two attached hydrogens (primary N) is 1. The van der Waals surface area contributed by atoms with Crippen LogP contribution >= 0.6 is 0 Å². The maximum atomic E-state index is 13.3. The molecule has 0 unspecified atom stereocenters. The molecule has 1 aliphatic rings. The number of aromatic nitrogens is 1. The molecule has 2 heterocycles. The first kappa shape index (κ1) is 12.5. The molecule has 2 aromatic rings. The number of fused-ring (bicyclic) bond motifs is 1. The summed E-state index contributed by atoms with van der Waals surface area (Å²) >= 11 is 0. The van der Waals surface area contributed by atoms with Crippen molar-refractivity contribution < 1.29 is 13.6 Å². The van der Waals surface area contributed by atoms with Gasteiger partial charge in [0.1, 0.15) is 17.5 Å². The van der Waals surface area contributed by atoms with E-state index in [0.717, 1.165) is 17.8 Å². The minimum atomic E-state index is -0.638. The Bertz CT molecular complexity index is 703. The van der Waals surface area contributed by atoms with Crippen LogP contribution in [-0.4, -0.2) is 17.4 Å². The number of nitrogen functional groups attached to an aromatic ring is 1. The summed E-state index contributed by atoms with van der Waals surface area (Å²) in [4.78, 5) is 17.4. The fourth-order valence-corrected chi connectivity index (χ4v) is 2.33. The number of hydrogen-bond acceptors (Lipinski definition) is 3. The van der Waals surface area contributed by atoms with Crippen LogP contribution in [0.2, 0.25) is 0 Å². The third-order valence-corrected chi connectivity index (χ3v) is 3.30. The van der Waals surface area contributed by atoms with Crippen LogP contribution in [0.1, 0.15) is 15.9 Å². The van der Waals surface area contributed by atoms with Gasteiger partial charge >= 0.3 is 0 Å². The van der Waals surface area contributed by atoms with E-state index in [1.165, 1.54) is 17.0 Å². The Labute approximate surface area is 113 Å². The molecule has 1 aliphatic heterocycles. The number of nitrogens with zero attached hydrogens (tertiary/aromatic N) is 2. The van der Waals surface area contributed by atoms with Crippen molar-refractivity contribution in [2.45, 2.75) is 6.42 Å². The van der Waals surface area contributed by atoms with Crippen molar-refractivity contribution in [1.82, 2.24) is 4.98 Å². The molecule has 102 valence electrons. The van der Waals surface area contributed by atoms with E-state index in [0.29, 0.717) is 18.7 Å². The summed E-state index contributed by atoms with van der Waals surface area (Å²) in [6, 6.07) is 5.33. The summed E-state index contributed by atoms with van der Waals surface area (Å²) in [6.07, 6.45) is 1.58. The lowest BCUT2D eigenvalue weighted by molar-refractivity contribution is 0.0989. The van der Waals surface area contributed by atoms with Crippen molar-refractivity contribution in [2.75, 3.05) is 17.2 Å². The lowest BCUT2D eigenvalue weighted by Gasteiger charge is -2.18. The van der Waals surface area contributed by atoms with Crippen LogP contribution in [0.5, 0.6) is 0 Å². The normalized spacial score (nSPS) is 13.4. The number of pyridine rings is 1. The van der Waals surface area contributed by atoms with Gasteiger partial charge in [0.2, 0.25) is 0 Å². The molecule has 0 saturated heterocycles. The van der Waals surface area contributed by atoms with Gasteiger partial charge in [0.05, 0.1) is 17.4 Å². The molecule has 2 N–H and O–H groups in total. The van der Waals surface area contributed by atoms with Crippen LogP contribution in [-0.2, 0) is 6.42 Å². The van der Waals surface area contributed by atoms with Crippen molar-refractivity contribution in [3.05, 3.63) is 53.2 Å². The lowest BCUT2D eigenvalue weighted by Crippen LogP contribution is -2.30. The summed E-state index contributed by atoms with van der Waals surface area (Å²) in [6.45, 7) is 0.410. The number of carbonyl (C=O) groups excluding carboxylic acids is 1. The van der Waals surface area contributed by atoms with Gasteiger partial charge in [-0.1, -0.05) is 6.07 Å². The SMILES string of the molecule is Nc1ncc(F)cc1C(=O)N1CCc2ccc(F)cc21. The monoisotopic (exact) mass is 275 g/mol. The van der Waals surface area contributed by atoms with E-state index in [-0.39, 0.29) is 11.4 Å². The van der Waals surface area contributed by atoms with Crippen LogP contribution in [0, 0.1) is 11.6 Å². The zero-order valence-corrected chi connectivity index (χ0v) is 10.4. The highest BCUT2D eigenvalue weighted by atomic mass is 19.1. The predicted octanol–water partition coefficient (Wildman–Crippen LogP) is 2.14. The summed E-state index contributed by atoms with van der Waals surface area (Å²) in [5.41, 5.74) is 6.97. The smallest absolute Gasteiger partial charge is 0.262 e. The number of amides is 1. The number of benzene rings is 1. The minimum absolute atomic E-state index is 0.0119. The van der Waals surface area contributed by atoms with Gasteiger partial charge < -0.3 is 10.6 Å². The molecule has 3 rings (SSSR count). The Morgan fingerprint density at radius 1 is 1.25 bits per heavy atom. The Balaban J connectivity index is 2.01. The van der Waals surface area contributed by atoms with E-state index in [4.69, 9.17) is 5.73 Å². The predicted molar refractivity (Wildman–Crippen MR) is 70.4 cm³/mol. The molecule has 0 bridgehead atoms. The second-order valence-electron chi connectivity index (χ2n) is 4.57. The Morgan fingerprint density at radius 2 is 2.05 bits per heavy atom. The molecule has 1 amide bonds. The Kier molecular flexibility index (Phi) is 2.85. The highest BCUT2D eigenvalue weighted by molar-refractivity contribution is 6.09. The largest absolute Gasteiger partial charge is 0.383 e. The molecule has 1 aromatic carbocycles. The molecule has 1 aromatic heterocycles. The molecule has 0 fully saturated rings. The average molecular weight is 275 g/mol.